The van der Waals surface area contributed by atoms with Crippen molar-refractivity contribution in [1.82, 2.24) is 4.98 Å². The summed E-state index contributed by atoms with van der Waals surface area (Å²) in [6, 6.07) is 3.43. The number of hydrogen-bond acceptors (Lipinski definition) is 5. The van der Waals surface area contributed by atoms with E-state index in [0.29, 0.717) is 24.6 Å². The molecule has 0 saturated carbocycles. The molecule has 14 heavy (non-hydrogen) atoms. The molecular formula is C9H13N3O2. The molecule has 2 heterocycles. The summed E-state index contributed by atoms with van der Waals surface area (Å²) in [4.78, 5) is 5.93. The van der Waals surface area contributed by atoms with Crippen molar-refractivity contribution in [2.24, 2.45) is 0 Å². The van der Waals surface area contributed by atoms with Crippen LogP contribution in [0, 0.1) is 0 Å². The second kappa shape index (κ2) is 3.43. The van der Waals surface area contributed by atoms with E-state index in [0.717, 1.165) is 0 Å². The van der Waals surface area contributed by atoms with Crippen molar-refractivity contribution >= 4 is 11.5 Å². The van der Waals surface area contributed by atoms with Crippen molar-refractivity contribution in [2.75, 3.05) is 23.7 Å². The minimum atomic E-state index is -0.696. The van der Waals surface area contributed by atoms with Gasteiger partial charge >= 0.3 is 0 Å². The van der Waals surface area contributed by atoms with Gasteiger partial charge in [0.25, 0.3) is 0 Å². The van der Waals surface area contributed by atoms with Crippen molar-refractivity contribution in [3.8, 4) is 0 Å². The molecule has 0 aliphatic carbocycles. The molecule has 5 heteroatoms. The highest BCUT2D eigenvalue weighted by Crippen LogP contribution is 2.19. The van der Waals surface area contributed by atoms with Crippen molar-refractivity contribution in [1.29, 1.82) is 0 Å². The van der Waals surface area contributed by atoms with Crippen LogP contribution in [0.5, 0.6) is 0 Å². The Balaban J connectivity index is 2.17. The number of pyridine rings is 1. The summed E-state index contributed by atoms with van der Waals surface area (Å²) >= 11 is 0. The number of nitrogen functional groups attached to an aromatic ring is 1. The summed E-state index contributed by atoms with van der Waals surface area (Å²) in [5.41, 5.74) is 6.23. The molecule has 1 aliphatic heterocycles. The van der Waals surface area contributed by atoms with Crippen LogP contribution in [0.1, 0.15) is 0 Å². The van der Waals surface area contributed by atoms with Gasteiger partial charge < -0.3 is 20.8 Å². The second-order valence-electron chi connectivity index (χ2n) is 3.49. The first kappa shape index (κ1) is 9.23. The van der Waals surface area contributed by atoms with Gasteiger partial charge in [0.2, 0.25) is 0 Å². The molecule has 1 saturated heterocycles. The summed E-state index contributed by atoms with van der Waals surface area (Å²) in [6.07, 6.45) is 0.221. The smallest absolute Gasteiger partial charge is 0.130 e. The van der Waals surface area contributed by atoms with Gasteiger partial charge in [0, 0.05) is 31.0 Å². The first-order chi connectivity index (χ1) is 6.66. The number of β-amino-alcohol motifs (C(OH)–C–C–N with tert-alkyl or cyclic N) is 2. The fraction of sp³-hybridized carbons (Fsp3) is 0.444. The lowest BCUT2D eigenvalue weighted by molar-refractivity contribution is 0.0572. The number of aromatic nitrogens is 1. The number of anilines is 2. The molecule has 5 nitrogen and oxygen atoms in total. The normalized spacial score (nSPS) is 26.9. The molecule has 2 unspecified atom stereocenters. The Morgan fingerprint density at radius 3 is 2.57 bits per heavy atom. The number of nitrogens with two attached hydrogens (primary N) is 1. The third-order valence-corrected chi connectivity index (χ3v) is 2.35. The van der Waals surface area contributed by atoms with Crippen LogP contribution in [0.15, 0.2) is 18.3 Å². The van der Waals surface area contributed by atoms with Gasteiger partial charge in [-0.3, -0.25) is 0 Å². The SMILES string of the molecule is Nc1ccnc(N2CC(O)C(O)C2)c1. The molecule has 0 radical (unpaired) electrons. The van der Waals surface area contributed by atoms with Gasteiger partial charge in [-0.05, 0) is 6.07 Å². The molecule has 0 spiro atoms. The zero-order chi connectivity index (χ0) is 10.1. The lowest BCUT2D eigenvalue weighted by Crippen LogP contribution is -2.22. The fourth-order valence-corrected chi connectivity index (χ4v) is 1.56. The first-order valence-electron chi connectivity index (χ1n) is 4.49. The van der Waals surface area contributed by atoms with Crippen molar-refractivity contribution in [3.05, 3.63) is 18.3 Å². The monoisotopic (exact) mass is 195 g/mol. The van der Waals surface area contributed by atoms with E-state index >= 15 is 0 Å². The molecule has 1 aromatic heterocycles. The lowest BCUT2D eigenvalue weighted by atomic mass is 10.3. The maximum absolute atomic E-state index is 9.35. The molecule has 2 atom stereocenters. The van der Waals surface area contributed by atoms with E-state index in [4.69, 9.17) is 5.73 Å². The molecule has 2 rings (SSSR count). The Morgan fingerprint density at radius 2 is 2.00 bits per heavy atom. The number of hydrogen-bond donors (Lipinski definition) is 3. The molecule has 0 amide bonds. The summed E-state index contributed by atoms with van der Waals surface area (Å²) in [5, 5.41) is 18.7. The quantitative estimate of drug-likeness (QED) is 0.547. The Kier molecular flexibility index (Phi) is 2.26. The van der Waals surface area contributed by atoms with Crippen LogP contribution in [0.4, 0.5) is 11.5 Å². The largest absolute Gasteiger partial charge is 0.399 e. The molecule has 1 fully saturated rings. The predicted octanol–water partition coefficient (Wildman–Crippen LogP) is -0.794. The number of nitrogens with zero attached hydrogens (tertiary/aromatic N) is 2. The maximum Gasteiger partial charge on any atom is 0.130 e. The summed E-state index contributed by atoms with van der Waals surface area (Å²) in [5.74, 6) is 0.695. The average molecular weight is 195 g/mol. The third-order valence-electron chi connectivity index (χ3n) is 2.35. The van der Waals surface area contributed by atoms with Gasteiger partial charge in [0.15, 0.2) is 0 Å². The standard InChI is InChI=1S/C9H13N3O2/c10-6-1-2-11-9(3-6)12-4-7(13)8(14)5-12/h1-3,7-8,13-14H,4-5H2,(H2,10,11). The maximum atomic E-state index is 9.35. The Morgan fingerprint density at radius 1 is 1.36 bits per heavy atom. The van der Waals surface area contributed by atoms with Crippen LogP contribution in [0.25, 0.3) is 0 Å². The molecule has 0 aromatic carbocycles. The van der Waals surface area contributed by atoms with E-state index in [1.807, 2.05) is 4.90 Å². The van der Waals surface area contributed by atoms with E-state index in [1.54, 1.807) is 18.3 Å². The molecule has 1 aliphatic rings. The van der Waals surface area contributed by atoms with Gasteiger partial charge in [-0.25, -0.2) is 4.98 Å². The first-order valence-corrected chi connectivity index (χ1v) is 4.49. The number of aliphatic hydroxyl groups excluding tert-OH is 2. The fourth-order valence-electron chi connectivity index (χ4n) is 1.56. The highest BCUT2D eigenvalue weighted by molar-refractivity contribution is 5.51. The van der Waals surface area contributed by atoms with Crippen molar-refractivity contribution < 1.29 is 10.2 Å². The van der Waals surface area contributed by atoms with Crippen molar-refractivity contribution in [2.45, 2.75) is 12.2 Å². The second-order valence-corrected chi connectivity index (χ2v) is 3.49. The summed E-state index contributed by atoms with van der Waals surface area (Å²) in [6.45, 7) is 0.801. The highest BCUT2D eigenvalue weighted by Gasteiger charge is 2.30. The van der Waals surface area contributed by atoms with Gasteiger partial charge in [0.1, 0.15) is 5.82 Å². The average Bonchev–Trinajstić information content (AvgIpc) is 2.47. The molecular weight excluding hydrogens is 182 g/mol. The molecule has 0 bridgehead atoms. The highest BCUT2D eigenvalue weighted by atomic mass is 16.3. The van der Waals surface area contributed by atoms with Crippen LogP contribution >= 0.6 is 0 Å². The van der Waals surface area contributed by atoms with E-state index < -0.39 is 12.2 Å². The van der Waals surface area contributed by atoms with Crippen LogP contribution < -0.4 is 10.6 Å². The van der Waals surface area contributed by atoms with E-state index in [-0.39, 0.29) is 0 Å². The number of aliphatic hydroxyl groups is 2. The van der Waals surface area contributed by atoms with Crippen LogP contribution in [-0.4, -0.2) is 40.5 Å². The van der Waals surface area contributed by atoms with Gasteiger partial charge in [-0.2, -0.15) is 0 Å². The van der Waals surface area contributed by atoms with E-state index in [1.165, 1.54) is 0 Å². The van der Waals surface area contributed by atoms with Crippen LogP contribution in [-0.2, 0) is 0 Å². The molecule has 1 aromatic rings. The Bertz CT molecular complexity index is 322. The molecule has 4 N–H and O–H groups in total. The lowest BCUT2D eigenvalue weighted by Gasteiger charge is -2.16. The number of rotatable bonds is 1. The predicted molar refractivity (Wildman–Crippen MR) is 52.9 cm³/mol. The summed E-state index contributed by atoms with van der Waals surface area (Å²) in [7, 11) is 0. The van der Waals surface area contributed by atoms with Crippen LogP contribution in [0.3, 0.4) is 0 Å². The van der Waals surface area contributed by atoms with Gasteiger partial charge in [-0.1, -0.05) is 0 Å². The molecule has 76 valence electrons. The Hall–Kier alpha value is -1.33. The topological polar surface area (TPSA) is 82.6 Å². The van der Waals surface area contributed by atoms with Crippen molar-refractivity contribution in [3.63, 3.8) is 0 Å². The van der Waals surface area contributed by atoms with Gasteiger partial charge in [-0.15, -0.1) is 0 Å². The summed E-state index contributed by atoms with van der Waals surface area (Å²) < 4.78 is 0. The third kappa shape index (κ3) is 1.64. The zero-order valence-electron chi connectivity index (χ0n) is 7.67. The minimum Gasteiger partial charge on any atom is -0.399 e. The Labute approximate surface area is 81.8 Å². The van der Waals surface area contributed by atoms with E-state index in [9.17, 15) is 10.2 Å². The van der Waals surface area contributed by atoms with Gasteiger partial charge in [0.05, 0.1) is 12.2 Å². The zero-order valence-corrected chi connectivity index (χ0v) is 7.67. The van der Waals surface area contributed by atoms with Crippen LogP contribution in [0.2, 0.25) is 0 Å². The minimum absolute atomic E-state index is 0.400. The van der Waals surface area contributed by atoms with E-state index in [2.05, 4.69) is 4.98 Å².